The van der Waals surface area contributed by atoms with Crippen LogP contribution >= 0.6 is 0 Å². The normalized spacial score (nSPS) is 16.6. The average Bonchev–Trinajstić information content (AvgIpc) is 3.56. The van der Waals surface area contributed by atoms with Crippen molar-refractivity contribution < 1.29 is 14.1 Å². The highest BCUT2D eigenvalue weighted by Gasteiger charge is 2.29. The van der Waals surface area contributed by atoms with Gasteiger partial charge in [0.1, 0.15) is 5.75 Å². The molecular weight excluding hydrogens is 418 g/mol. The molecule has 2 aromatic heterocycles. The van der Waals surface area contributed by atoms with Crippen molar-refractivity contribution in [3.05, 3.63) is 53.5 Å². The van der Waals surface area contributed by atoms with E-state index < -0.39 is 0 Å². The molecule has 0 radical (unpaired) electrons. The first kappa shape index (κ1) is 21.4. The van der Waals surface area contributed by atoms with Crippen LogP contribution in [0.15, 0.2) is 41.1 Å². The van der Waals surface area contributed by atoms with Gasteiger partial charge in [0, 0.05) is 37.3 Å². The molecule has 0 spiro atoms. The van der Waals surface area contributed by atoms with Crippen LogP contribution in [0.2, 0.25) is 0 Å². The van der Waals surface area contributed by atoms with Crippen LogP contribution in [0.5, 0.6) is 5.75 Å². The fourth-order valence-corrected chi connectivity index (χ4v) is 4.30. The molecule has 0 atom stereocenters. The second-order valence-electron chi connectivity index (χ2n) is 8.92. The summed E-state index contributed by atoms with van der Waals surface area (Å²) in [6.07, 6.45) is 6.28. The highest BCUT2D eigenvalue weighted by atomic mass is 16.5. The largest absolute Gasteiger partial charge is 0.497 e. The Balaban J connectivity index is 1.28. The van der Waals surface area contributed by atoms with Gasteiger partial charge in [0.2, 0.25) is 11.9 Å². The number of anilines is 1. The van der Waals surface area contributed by atoms with E-state index in [1.54, 1.807) is 7.11 Å². The van der Waals surface area contributed by atoms with Gasteiger partial charge in [0.15, 0.2) is 5.76 Å². The van der Waals surface area contributed by atoms with Crippen molar-refractivity contribution in [2.75, 3.05) is 25.5 Å². The van der Waals surface area contributed by atoms with Crippen molar-refractivity contribution in [2.24, 2.45) is 0 Å². The first-order valence-corrected chi connectivity index (χ1v) is 11.6. The average molecular weight is 448 g/mol. The number of carbonyl (C=O) groups excluding carboxylic acids is 1. The van der Waals surface area contributed by atoms with Crippen LogP contribution in [0.25, 0.3) is 11.3 Å². The van der Waals surface area contributed by atoms with Crippen LogP contribution in [0.3, 0.4) is 0 Å². The number of hydrogen-bond donors (Lipinski definition) is 1. The number of likely N-dealkylation sites (tertiary alicyclic amines) is 1. The molecule has 1 aliphatic heterocycles. The Morgan fingerprint density at radius 2 is 1.94 bits per heavy atom. The Bertz CT molecular complexity index is 1120. The van der Waals surface area contributed by atoms with Crippen molar-refractivity contribution in [2.45, 2.75) is 51.0 Å². The molecule has 0 bridgehead atoms. The SMILES string of the molecule is COc1ccc(CC(=O)N2CCC(c3nc(NC4CC4)ncc3-c3cc(C)no3)CC2)cc1. The Labute approximate surface area is 193 Å². The molecule has 1 amide bonds. The van der Waals surface area contributed by atoms with E-state index in [-0.39, 0.29) is 11.8 Å². The monoisotopic (exact) mass is 447 g/mol. The van der Waals surface area contributed by atoms with E-state index in [1.807, 2.05) is 48.4 Å². The van der Waals surface area contributed by atoms with Gasteiger partial charge in [0.25, 0.3) is 0 Å². The third-order valence-corrected chi connectivity index (χ3v) is 6.37. The van der Waals surface area contributed by atoms with E-state index >= 15 is 0 Å². The zero-order valence-corrected chi connectivity index (χ0v) is 19.1. The van der Waals surface area contributed by atoms with E-state index in [1.165, 1.54) is 0 Å². The number of hydrogen-bond acceptors (Lipinski definition) is 7. The summed E-state index contributed by atoms with van der Waals surface area (Å²) < 4.78 is 10.7. The summed E-state index contributed by atoms with van der Waals surface area (Å²) in [5.74, 6) is 2.55. The predicted octanol–water partition coefficient (Wildman–Crippen LogP) is 3.97. The summed E-state index contributed by atoms with van der Waals surface area (Å²) in [5, 5.41) is 7.44. The smallest absolute Gasteiger partial charge is 0.226 e. The van der Waals surface area contributed by atoms with Crippen LogP contribution in [0.4, 0.5) is 5.95 Å². The van der Waals surface area contributed by atoms with Gasteiger partial charge in [-0.25, -0.2) is 9.97 Å². The Morgan fingerprint density at radius 3 is 2.58 bits per heavy atom. The van der Waals surface area contributed by atoms with E-state index in [2.05, 4.69) is 15.5 Å². The van der Waals surface area contributed by atoms with Gasteiger partial charge in [-0.05, 0) is 50.3 Å². The maximum Gasteiger partial charge on any atom is 0.226 e. The van der Waals surface area contributed by atoms with Crippen molar-refractivity contribution in [1.82, 2.24) is 20.0 Å². The summed E-state index contributed by atoms with van der Waals surface area (Å²) in [6.45, 7) is 3.33. The Hall–Kier alpha value is -3.42. The summed E-state index contributed by atoms with van der Waals surface area (Å²) in [4.78, 5) is 24.2. The fourth-order valence-electron chi connectivity index (χ4n) is 4.30. The molecule has 2 fully saturated rings. The zero-order valence-electron chi connectivity index (χ0n) is 19.1. The molecule has 8 heteroatoms. The van der Waals surface area contributed by atoms with Gasteiger partial charge in [-0.1, -0.05) is 17.3 Å². The number of piperidine rings is 1. The first-order valence-electron chi connectivity index (χ1n) is 11.6. The van der Waals surface area contributed by atoms with Gasteiger partial charge in [0.05, 0.1) is 30.5 Å². The zero-order chi connectivity index (χ0) is 22.8. The molecule has 0 unspecified atom stereocenters. The summed E-state index contributed by atoms with van der Waals surface area (Å²) in [7, 11) is 1.64. The molecule has 2 aliphatic rings. The number of nitrogens with one attached hydrogen (secondary N) is 1. The number of aryl methyl sites for hydroxylation is 1. The quantitative estimate of drug-likeness (QED) is 0.586. The van der Waals surface area contributed by atoms with Gasteiger partial charge >= 0.3 is 0 Å². The number of methoxy groups -OCH3 is 1. The standard InChI is InChI=1S/C25H29N5O3/c1-16-13-22(33-29-16)21-15-26-25(27-19-5-6-19)28-24(21)18-9-11-30(12-10-18)23(31)14-17-3-7-20(32-2)8-4-17/h3-4,7-8,13,15,18-19H,5-6,9-12,14H2,1-2H3,(H,26,27,28). The predicted molar refractivity (Wildman–Crippen MR) is 124 cm³/mol. The molecule has 8 nitrogen and oxygen atoms in total. The van der Waals surface area contributed by atoms with Crippen LogP contribution in [-0.2, 0) is 11.2 Å². The molecule has 1 saturated heterocycles. The number of amides is 1. The lowest BCUT2D eigenvalue weighted by Gasteiger charge is -2.32. The molecule has 1 saturated carbocycles. The van der Waals surface area contributed by atoms with Crippen molar-refractivity contribution >= 4 is 11.9 Å². The minimum absolute atomic E-state index is 0.156. The van der Waals surface area contributed by atoms with Gasteiger partial charge in [-0.3, -0.25) is 4.79 Å². The number of ether oxygens (including phenoxy) is 1. The minimum Gasteiger partial charge on any atom is -0.497 e. The number of nitrogens with zero attached hydrogens (tertiary/aromatic N) is 4. The molecule has 172 valence electrons. The molecular formula is C25H29N5O3. The number of rotatable bonds is 7. The van der Waals surface area contributed by atoms with E-state index in [0.29, 0.717) is 37.3 Å². The lowest BCUT2D eigenvalue weighted by molar-refractivity contribution is -0.131. The van der Waals surface area contributed by atoms with Crippen LogP contribution in [0.1, 0.15) is 48.6 Å². The van der Waals surface area contributed by atoms with Gasteiger partial charge < -0.3 is 19.5 Å². The summed E-state index contributed by atoms with van der Waals surface area (Å²) in [6, 6.07) is 10.1. The number of carbonyl (C=O) groups is 1. The molecule has 33 heavy (non-hydrogen) atoms. The van der Waals surface area contributed by atoms with Crippen LogP contribution < -0.4 is 10.1 Å². The second kappa shape index (κ2) is 9.21. The highest BCUT2D eigenvalue weighted by Crippen LogP contribution is 2.35. The number of aromatic nitrogens is 3. The third kappa shape index (κ3) is 4.99. The highest BCUT2D eigenvalue weighted by molar-refractivity contribution is 5.79. The van der Waals surface area contributed by atoms with E-state index in [4.69, 9.17) is 14.2 Å². The minimum atomic E-state index is 0.156. The first-order chi connectivity index (χ1) is 16.1. The lowest BCUT2D eigenvalue weighted by Crippen LogP contribution is -2.39. The second-order valence-corrected chi connectivity index (χ2v) is 8.92. The van der Waals surface area contributed by atoms with E-state index in [0.717, 1.165) is 53.9 Å². The van der Waals surface area contributed by atoms with Crippen molar-refractivity contribution in [1.29, 1.82) is 0 Å². The number of benzene rings is 1. The molecule has 1 aromatic carbocycles. The van der Waals surface area contributed by atoms with Crippen LogP contribution in [0, 0.1) is 6.92 Å². The molecule has 5 rings (SSSR count). The fraction of sp³-hybridized carbons (Fsp3) is 0.440. The molecule has 3 heterocycles. The van der Waals surface area contributed by atoms with Gasteiger partial charge in [-0.15, -0.1) is 0 Å². The maximum absolute atomic E-state index is 12.9. The van der Waals surface area contributed by atoms with Crippen LogP contribution in [-0.4, -0.2) is 52.2 Å². The Morgan fingerprint density at radius 1 is 1.18 bits per heavy atom. The van der Waals surface area contributed by atoms with Crippen molar-refractivity contribution in [3.63, 3.8) is 0 Å². The topological polar surface area (TPSA) is 93.4 Å². The van der Waals surface area contributed by atoms with E-state index in [9.17, 15) is 4.79 Å². The summed E-state index contributed by atoms with van der Waals surface area (Å²) in [5.41, 5.74) is 3.69. The maximum atomic E-state index is 12.9. The molecule has 1 N–H and O–H groups in total. The van der Waals surface area contributed by atoms with Gasteiger partial charge in [-0.2, -0.15) is 0 Å². The molecule has 1 aliphatic carbocycles. The lowest BCUT2D eigenvalue weighted by atomic mass is 9.90. The Kier molecular flexibility index (Phi) is 5.98. The molecule has 3 aromatic rings. The van der Waals surface area contributed by atoms with Crippen molar-refractivity contribution in [3.8, 4) is 17.1 Å². The third-order valence-electron chi connectivity index (χ3n) is 6.37. The summed E-state index contributed by atoms with van der Waals surface area (Å²) >= 11 is 0.